The van der Waals surface area contributed by atoms with E-state index in [0.29, 0.717) is 23.9 Å². The normalized spacial score (nSPS) is 11.0. The van der Waals surface area contributed by atoms with Gasteiger partial charge in [-0.1, -0.05) is 25.1 Å². The third-order valence-corrected chi connectivity index (χ3v) is 3.62. The van der Waals surface area contributed by atoms with Crippen LogP contribution in [0.5, 0.6) is 0 Å². The molecule has 0 unspecified atom stereocenters. The van der Waals surface area contributed by atoms with Gasteiger partial charge in [-0.15, -0.1) is 0 Å². The summed E-state index contributed by atoms with van der Waals surface area (Å²) >= 11 is 0. The number of amides is 1. The van der Waals surface area contributed by atoms with Crippen LogP contribution in [0, 0.1) is 6.92 Å². The van der Waals surface area contributed by atoms with Crippen molar-refractivity contribution >= 4 is 5.91 Å². The van der Waals surface area contributed by atoms with Gasteiger partial charge < -0.3 is 14.2 Å². The zero-order valence-electron chi connectivity index (χ0n) is 14.4. The Morgan fingerprint density at radius 3 is 2.43 bits per heavy atom. The van der Waals surface area contributed by atoms with Crippen LogP contribution in [0.1, 0.15) is 29.6 Å². The highest BCUT2D eigenvalue weighted by Crippen LogP contribution is 2.22. The first-order valence-corrected chi connectivity index (χ1v) is 7.99. The second kappa shape index (κ2) is 7.92. The first-order valence-electron chi connectivity index (χ1n) is 7.99. The number of likely N-dealkylation sites (N-methyl/N-ethyl adjacent to an activating group) is 1. The Morgan fingerprint density at radius 1 is 1.13 bits per heavy atom. The standard InChI is InChI=1S/C18H25N3O2/c1-5-11-21(13-12-20(3)4)18(22)16-14(2)23-17(19-16)15-9-7-6-8-10-15/h6-10H,5,11-13H2,1-4H3. The summed E-state index contributed by atoms with van der Waals surface area (Å²) in [6.07, 6.45) is 0.918. The third kappa shape index (κ3) is 4.42. The van der Waals surface area contributed by atoms with Gasteiger partial charge in [0, 0.05) is 25.2 Å². The second-order valence-corrected chi connectivity index (χ2v) is 5.89. The lowest BCUT2D eigenvalue weighted by molar-refractivity contribution is 0.0738. The summed E-state index contributed by atoms with van der Waals surface area (Å²) in [5.41, 5.74) is 1.29. The number of nitrogens with zero attached hydrogens (tertiary/aromatic N) is 3. The van der Waals surface area contributed by atoms with Crippen molar-refractivity contribution in [1.82, 2.24) is 14.8 Å². The van der Waals surface area contributed by atoms with E-state index in [0.717, 1.165) is 25.1 Å². The van der Waals surface area contributed by atoms with E-state index < -0.39 is 0 Å². The van der Waals surface area contributed by atoms with Crippen molar-refractivity contribution in [3.05, 3.63) is 41.8 Å². The molecule has 5 nitrogen and oxygen atoms in total. The third-order valence-electron chi connectivity index (χ3n) is 3.62. The number of rotatable bonds is 7. The van der Waals surface area contributed by atoms with Gasteiger partial charge >= 0.3 is 0 Å². The molecule has 0 spiro atoms. The molecule has 0 aliphatic heterocycles. The fraction of sp³-hybridized carbons (Fsp3) is 0.444. The van der Waals surface area contributed by atoms with Crippen LogP contribution in [-0.2, 0) is 0 Å². The van der Waals surface area contributed by atoms with Crippen LogP contribution in [0.3, 0.4) is 0 Å². The largest absolute Gasteiger partial charge is 0.441 e. The minimum absolute atomic E-state index is 0.0582. The molecule has 2 rings (SSSR count). The zero-order valence-corrected chi connectivity index (χ0v) is 14.4. The average Bonchev–Trinajstić information content (AvgIpc) is 2.93. The van der Waals surface area contributed by atoms with Crippen LogP contribution in [0.15, 0.2) is 34.7 Å². The summed E-state index contributed by atoms with van der Waals surface area (Å²) in [5.74, 6) is 1.01. The van der Waals surface area contributed by atoms with Crippen LogP contribution in [0.4, 0.5) is 0 Å². The quantitative estimate of drug-likeness (QED) is 0.788. The van der Waals surface area contributed by atoms with Crippen molar-refractivity contribution in [2.45, 2.75) is 20.3 Å². The Labute approximate surface area is 137 Å². The molecule has 0 atom stereocenters. The average molecular weight is 315 g/mol. The van der Waals surface area contributed by atoms with E-state index in [1.165, 1.54) is 0 Å². The fourth-order valence-electron chi connectivity index (χ4n) is 2.35. The van der Waals surface area contributed by atoms with Gasteiger partial charge in [0.05, 0.1) is 0 Å². The Morgan fingerprint density at radius 2 is 1.83 bits per heavy atom. The van der Waals surface area contributed by atoms with Gasteiger partial charge in [0.15, 0.2) is 5.69 Å². The molecule has 23 heavy (non-hydrogen) atoms. The topological polar surface area (TPSA) is 49.6 Å². The molecule has 0 fully saturated rings. The summed E-state index contributed by atoms with van der Waals surface area (Å²) < 4.78 is 5.71. The Balaban J connectivity index is 2.22. The molecule has 1 aromatic heterocycles. The van der Waals surface area contributed by atoms with E-state index in [4.69, 9.17) is 4.42 Å². The smallest absolute Gasteiger partial charge is 0.276 e. The van der Waals surface area contributed by atoms with Gasteiger partial charge in [0.1, 0.15) is 5.76 Å². The maximum absolute atomic E-state index is 12.8. The van der Waals surface area contributed by atoms with E-state index in [-0.39, 0.29) is 5.91 Å². The molecule has 1 aromatic carbocycles. The van der Waals surface area contributed by atoms with Gasteiger partial charge in [0.25, 0.3) is 5.91 Å². The molecule has 0 saturated heterocycles. The van der Waals surface area contributed by atoms with Crippen molar-refractivity contribution in [3.63, 3.8) is 0 Å². The SMILES string of the molecule is CCCN(CCN(C)C)C(=O)c1nc(-c2ccccc2)oc1C. The van der Waals surface area contributed by atoms with E-state index in [1.807, 2.05) is 49.3 Å². The number of aromatic nitrogens is 1. The maximum Gasteiger partial charge on any atom is 0.276 e. The molecule has 1 amide bonds. The summed E-state index contributed by atoms with van der Waals surface area (Å²) in [7, 11) is 4.01. The lowest BCUT2D eigenvalue weighted by Crippen LogP contribution is -2.37. The van der Waals surface area contributed by atoms with E-state index >= 15 is 0 Å². The molecule has 0 saturated carbocycles. The number of carbonyl (C=O) groups excluding carboxylic acids is 1. The monoisotopic (exact) mass is 315 g/mol. The molecule has 0 N–H and O–H groups in total. The Hall–Kier alpha value is -2.14. The molecule has 0 bridgehead atoms. The van der Waals surface area contributed by atoms with Gasteiger partial charge in [-0.05, 0) is 39.6 Å². The lowest BCUT2D eigenvalue weighted by Gasteiger charge is -2.23. The van der Waals surface area contributed by atoms with Crippen LogP contribution < -0.4 is 0 Å². The molecular weight excluding hydrogens is 290 g/mol. The van der Waals surface area contributed by atoms with Crippen molar-refractivity contribution in [2.75, 3.05) is 33.7 Å². The fourth-order valence-corrected chi connectivity index (χ4v) is 2.35. The van der Waals surface area contributed by atoms with Crippen molar-refractivity contribution in [1.29, 1.82) is 0 Å². The molecule has 2 aromatic rings. The predicted octanol–water partition coefficient (Wildman–Crippen LogP) is 3.06. The van der Waals surface area contributed by atoms with Crippen LogP contribution in [-0.4, -0.2) is 54.4 Å². The van der Waals surface area contributed by atoms with Gasteiger partial charge in [-0.25, -0.2) is 4.98 Å². The first kappa shape index (κ1) is 17.2. The predicted molar refractivity (Wildman–Crippen MR) is 91.4 cm³/mol. The summed E-state index contributed by atoms with van der Waals surface area (Å²) in [4.78, 5) is 21.2. The second-order valence-electron chi connectivity index (χ2n) is 5.89. The first-order chi connectivity index (χ1) is 11.0. The molecule has 0 aliphatic rings. The number of aryl methyl sites for hydroxylation is 1. The van der Waals surface area contributed by atoms with Gasteiger partial charge in [-0.2, -0.15) is 0 Å². The van der Waals surface area contributed by atoms with Crippen molar-refractivity contribution < 1.29 is 9.21 Å². The molecule has 1 heterocycles. The number of carbonyl (C=O) groups is 1. The molecular formula is C18H25N3O2. The van der Waals surface area contributed by atoms with Gasteiger partial charge in [-0.3, -0.25) is 4.79 Å². The number of oxazole rings is 1. The van der Waals surface area contributed by atoms with Gasteiger partial charge in [0.2, 0.25) is 5.89 Å². The molecule has 124 valence electrons. The number of benzene rings is 1. The van der Waals surface area contributed by atoms with E-state index in [9.17, 15) is 4.79 Å². The highest BCUT2D eigenvalue weighted by molar-refractivity contribution is 5.93. The zero-order chi connectivity index (χ0) is 16.8. The lowest BCUT2D eigenvalue weighted by atomic mass is 10.2. The molecule has 0 aliphatic carbocycles. The van der Waals surface area contributed by atoms with E-state index in [2.05, 4.69) is 16.8 Å². The van der Waals surface area contributed by atoms with Crippen LogP contribution in [0.25, 0.3) is 11.5 Å². The molecule has 0 radical (unpaired) electrons. The van der Waals surface area contributed by atoms with Crippen LogP contribution in [0.2, 0.25) is 0 Å². The number of hydrogen-bond acceptors (Lipinski definition) is 4. The summed E-state index contributed by atoms with van der Waals surface area (Å²) in [5, 5.41) is 0. The minimum atomic E-state index is -0.0582. The van der Waals surface area contributed by atoms with Crippen molar-refractivity contribution in [2.24, 2.45) is 0 Å². The summed E-state index contributed by atoms with van der Waals surface area (Å²) in [6.45, 7) is 6.10. The minimum Gasteiger partial charge on any atom is -0.441 e. The van der Waals surface area contributed by atoms with E-state index in [1.54, 1.807) is 6.92 Å². The van der Waals surface area contributed by atoms with Crippen LogP contribution >= 0.6 is 0 Å². The Bertz CT molecular complexity index is 635. The Kier molecular flexibility index (Phi) is 5.93. The number of hydrogen-bond donors (Lipinski definition) is 0. The van der Waals surface area contributed by atoms with Crippen molar-refractivity contribution in [3.8, 4) is 11.5 Å². The highest BCUT2D eigenvalue weighted by atomic mass is 16.4. The highest BCUT2D eigenvalue weighted by Gasteiger charge is 2.23. The summed E-state index contributed by atoms with van der Waals surface area (Å²) in [6, 6.07) is 9.65. The molecule has 5 heteroatoms. The maximum atomic E-state index is 12.8.